The normalized spacial score (nSPS) is 10.8. The van der Waals surface area contributed by atoms with Crippen molar-refractivity contribution in [1.82, 2.24) is 14.8 Å². The van der Waals surface area contributed by atoms with Gasteiger partial charge in [0.05, 0.1) is 17.9 Å². The molecule has 1 amide bonds. The fourth-order valence-corrected chi connectivity index (χ4v) is 3.94. The van der Waals surface area contributed by atoms with Crippen LogP contribution in [0.25, 0.3) is 22.6 Å². The highest BCUT2D eigenvalue weighted by Gasteiger charge is 2.18. The van der Waals surface area contributed by atoms with Gasteiger partial charge in [-0.05, 0) is 43.3 Å². The van der Waals surface area contributed by atoms with Crippen LogP contribution in [0.4, 0.5) is 5.69 Å². The standard InChI is InChI=1S/C24H22N4O4S/c1-3-13-28-22(20-14-17-7-5-6-8-19(17)32-20)26-27-24(28)33-15-21(29)25-18-11-9-16(10-12-18)23(30)31-4-2/h3,5-12,14H,1,4,13,15H2,2H3,(H,25,29). The molecule has 8 nitrogen and oxygen atoms in total. The molecule has 2 heterocycles. The molecule has 0 radical (unpaired) electrons. The van der Waals surface area contributed by atoms with Crippen LogP contribution in [0.5, 0.6) is 0 Å². The molecule has 0 aliphatic carbocycles. The van der Waals surface area contributed by atoms with E-state index in [1.165, 1.54) is 11.8 Å². The number of esters is 1. The molecule has 4 rings (SSSR count). The molecule has 33 heavy (non-hydrogen) atoms. The van der Waals surface area contributed by atoms with E-state index >= 15 is 0 Å². The van der Waals surface area contributed by atoms with Gasteiger partial charge in [0.1, 0.15) is 5.58 Å². The van der Waals surface area contributed by atoms with Crippen molar-refractivity contribution in [2.45, 2.75) is 18.6 Å². The number of rotatable bonds is 9. The van der Waals surface area contributed by atoms with E-state index in [-0.39, 0.29) is 11.7 Å². The zero-order valence-corrected chi connectivity index (χ0v) is 18.8. The lowest BCUT2D eigenvalue weighted by Crippen LogP contribution is -2.15. The molecule has 0 spiro atoms. The number of hydrogen-bond donors (Lipinski definition) is 1. The molecule has 0 unspecified atom stereocenters. The molecular weight excluding hydrogens is 440 g/mol. The van der Waals surface area contributed by atoms with Gasteiger partial charge >= 0.3 is 5.97 Å². The van der Waals surface area contributed by atoms with Crippen molar-refractivity contribution in [1.29, 1.82) is 0 Å². The summed E-state index contributed by atoms with van der Waals surface area (Å²) in [5.74, 6) is 0.705. The predicted octanol–water partition coefficient (Wildman–Crippen LogP) is 4.78. The first-order chi connectivity index (χ1) is 16.1. The van der Waals surface area contributed by atoms with Crippen LogP contribution < -0.4 is 5.32 Å². The number of hydrogen-bond acceptors (Lipinski definition) is 7. The summed E-state index contributed by atoms with van der Waals surface area (Å²) in [4.78, 5) is 24.2. The fraction of sp³-hybridized carbons (Fsp3) is 0.167. The second kappa shape index (κ2) is 10.2. The maximum absolute atomic E-state index is 12.5. The minimum atomic E-state index is -0.396. The van der Waals surface area contributed by atoms with Gasteiger partial charge in [0.15, 0.2) is 10.9 Å². The summed E-state index contributed by atoms with van der Waals surface area (Å²) in [7, 11) is 0. The molecule has 4 aromatic rings. The molecule has 0 atom stereocenters. The van der Waals surface area contributed by atoms with Crippen LogP contribution in [-0.4, -0.2) is 39.0 Å². The third-order valence-corrected chi connectivity index (χ3v) is 5.65. The van der Waals surface area contributed by atoms with Crippen LogP contribution >= 0.6 is 11.8 Å². The Hall–Kier alpha value is -3.85. The highest BCUT2D eigenvalue weighted by atomic mass is 32.2. The van der Waals surface area contributed by atoms with Crippen molar-refractivity contribution < 1.29 is 18.7 Å². The number of nitrogens with one attached hydrogen (secondary N) is 1. The minimum Gasteiger partial charge on any atom is -0.462 e. The van der Waals surface area contributed by atoms with Gasteiger partial charge in [0.25, 0.3) is 0 Å². The summed E-state index contributed by atoms with van der Waals surface area (Å²) in [5, 5.41) is 12.9. The number of carbonyl (C=O) groups excluding carboxylic acids is 2. The molecule has 0 bridgehead atoms. The number of aromatic nitrogens is 3. The molecule has 168 valence electrons. The number of allylic oxidation sites excluding steroid dienone is 1. The Kier molecular flexibility index (Phi) is 6.89. The number of benzene rings is 2. The Morgan fingerprint density at radius 3 is 2.70 bits per heavy atom. The summed E-state index contributed by atoms with van der Waals surface area (Å²) >= 11 is 1.27. The smallest absolute Gasteiger partial charge is 0.338 e. The summed E-state index contributed by atoms with van der Waals surface area (Å²) in [6, 6.07) is 16.2. The fourth-order valence-electron chi connectivity index (χ4n) is 3.19. The number of ether oxygens (including phenoxy) is 1. The third-order valence-electron chi connectivity index (χ3n) is 4.69. The summed E-state index contributed by atoms with van der Waals surface area (Å²) in [5.41, 5.74) is 1.78. The number of anilines is 1. The van der Waals surface area contributed by atoms with E-state index in [4.69, 9.17) is 9.15 Å². The second-order valence-corrected chi connectivity index (χ2v) is 7.93. The predicted molar refractivity (Wildman–Crippen MR) is 127 cm³/mol. The van der Waals surface area contributed by atoms with E-state index in [0.717, 1.165) is 11.0 Å². The topological polar surface area (TPSA) is 99.2 Å². The number of furan rings is 1. The lowest BCUT2D eigenvalue weighted by molar-refractivity contribution is -0.113. The molecular formula is C24H22N4O4S. The first-order valence-corrected chi connectivity index (χ1v) is 11.3. The van der Waals surface area contributed by atoms with E-state index in [2.05, 4.69) is 22.1 Å². The number of amides is 1. The van der Waals surface area contributed by atoms with Crippen molar-refractivity contribution in [3.05, 3.63) is 72.8 Å². The van der Waals surface area contributed by atoms with Gasteiger partial charge in [0, 0.05) is 17.6 Å². The molecule has 0 saturated carbocycles. The maximum Gasteiger partial charge on any atom is 0.338 e. The van der Waals surface area contributed by atoms with Crippen LogP contribution in [0.3, 0.4) is 0 Å². The minimum absolute atomic E-state index is 0.134. The van der Waals surface area contributed by atoms with Crippen molar-refractivity contribution in [2.75, 3.05) is 17.7 Å². The average molecular weight is 463 g/mol. The first-order valence-electron chi connectivity index (χ1n) is 10.3. The van der Waals surface area contributed by atoms with Gasteiger partial charge in [-0.3, -0.25) is 9.36 Å². The zero-order valence-electron chi connectivity index (χ0n) is 18.0. The molecule has 2 aromatic heterocycles. The number of carbonyl (C=O) groups is 2. The van der Waals surface area contributed by atoms with Crippen LogP contribution in [-0.2, 0) is 16.1 Å². The lowest BCUT2D eigenvalue weighted by Gasteiger charge is -2.08. The average Bonchev–Trinajstić information content (AvgIpc) is 3.42. The second-order valence-electron chi connectivity index (χ2n) is 6.99. The first kappa shape index (κ1) is 22.3. The zero-order chi connectivity index (χ0) is 23.2. The Bertz CT molecular complexity index is 1260. The number of nitrogens with zero attached hydrogens (tertiary/aromatic N) is 3. The Morgan fingerprint density at radius 2 is 1.97 bits per heavy atom. The van der Waals surface area contributed by atoms with E-state index in [9.17, 15) is 9.59 Å². The van der Waals surface area contributed by atoms with Gasteiger partial charge in [-0.2, -0.15) is 0 Å². The van der Waals surface area contributed by atoms with Crippen LogP contribution in [0, 0.1) is 0 Å². The SMILES string of the molecule is C=CCn1c(SCC(=O)Nc2ccc(C(=O)OCC)cc2)nnc1-c1cc2ccccc2o1. The Morgan fingerprint density at radius 1 is 1.18 bits per heavy atom. The van der Waals surface area contributed by atoms with Gasteiger partial charge in [-0.15, -0.1) is 16.8 Å². The molecule has 1 N–H and O–H groups in total. The van der Waals surface area contributed by atoms with E-state index in [0.29, 0.717) is 41.1 Å². The summed E-state index contributed by atoms with van der Waals surface area (Å²) in [6.45, 7) is 6.34. The van der Waals surface area contributed by atoms with E-state index in [1.54, 1.807) is 37.3 Å². The Labute approximate surface area is 194 Å². The molecule has 0 aliphatic heterocycles. The van der Waals surface area contributed by atoms with E-state index < -0.39 is 5.97 Å². The maximum atomic E-state index is 12.5. The highest BCUT2D eigenvalue weighted by molar-refractivity contribution is 7.99. The lowest BCUT2D eigenvalue weighted by atomic mass is 10.2. The number of thioether (sulfide) groups is 1. The molecule has 0 aliphatic rings. The monoisotopic (exact) mass is 462 g/mol. The van der Waals surface area contributed by atoms with Crippen molar-refractivity contribution in [3.63, 3.8) is 0 Å². The van der Waals surface area contributed by atoms with Crippen molar-refractivity contribution >= 4 is 40.3 Å². The molecule has 2 aromatic carbocycles. The summed E-state index contributed by atoms with van der Waals surface area (Å²) < 4.78 is 12.7. The third kappa shape index (κ3) is 5.15. The Balaban J connectivity index is 1.43. The van der Waals surface area contributed by atoms with E-state index in [1.807, 2.05) is 34.9 Å². The largest absolute Gasteiger partial charge is 0.462 e. The van der Waals surface area contributed by atoms with Crippen molar-refractivity contribution in [2.24, 2.45) is 0 Å². The van der Waals surface area contributed by atoms with Crippen LogP contribution in [0.2, 0.25) is 0 Å². The molecule has 0 saturated heterocycles. The quantitative estimate of drug-likeness (QED) is 0.217. The van der Waals surface area contributed by atoms with Gasteiger partial charge < -0.3 is 14.5 Å². The highest BCUT2D eigenvalue weighted by Crippen LogP contribution is 2.29. The van der Waals surface area contributed by atoms with Crippen molar-refractivity contribution in [3.8, 4) is 11.6 Å². The van der Waals surface area contributed by atoms with Crippen LogP contribution in [0.1, 0.15) is 17.3 Å². The molecule has 9 heteroatoms. The van der Waals surface area contributed by atoms with Gasteiger partial charge in [-0.1, -0.05) is 36.0 Å². The van der Waals surface area contributed by atoms with Gasteiger partial charge in [-0.25, -0.2) is 4.79 Å². The number of para-hydroxylation sites is 1. The van der Waals surface area contributed by atoms with Gasteiger partial charge in [0.2, 0.25) is 11.7 Å². The number of fused-ring (bicyclic) bond motifs is 1. The molecule has 0 fully saturated rings. The summed E-state index contributed by atoms with van der Waals surface area (Å²) in [6.07, 6.45) is 1.74. The van der Waals surface area contributed by atoms with Crippen LogP contribution in [0.15, 0.2) is 76.8 Å².